The Morgan fingerprint density at radius 1 is 1.58 bits per heavy atom. The van der Waals surface area contributed by atoms with Gasteiger partial charge in [0, 0.05) is 31.5 Å². The standard InChI is InChI=1S/C14H22N4O/c1-10-6-12(14(15)16)7-13(17-10)18-5-3-4-11(8-18)9-19-2/h6-7,11H,3-5,8-9H2,1-2H3,(H3,15,16). The van der Waals surface area contributed by atoms with E-state index in [1.165, 1.54) is 6.42 Å². The second-order valence-electron chi connectivity index (χ2n) is 5.18. The van der Waals surface area contributed by atoms with Crippen molar-refractivity contribution in [3.05, 3.63) is 23.4 Å². The van der Waals surface area contributed by atoms with Gasteiger partial charge in [0.25, 0.3) is 0 Å². The largest absolute Gasteiger partial charge is 0.384 e. The van der Waals surface area contributed by atoms with Gasteiger partial charge >= 0.3 is 0 Å². The van der Waals surface area contributed by atoms with Crippen molar-refractivity contribution in [3.8, 4) is 0 Å². The molecule has 19 heavy (non-hydrogen) atoms. The Morgan fingerprint density at radius 2 is 2.37 bits per heavy atom. The lowest BCUT2D eigenvalue weighted by molar-refractivity contribution is 0.143. The number of pyridine rings is 1. The van der Waals surface area contributed by atoms with Gasteiger partial charge in [-0.05, 0) is 37.8 Å². The number of rotatable bonds is 4. The second kappa shape index (κ2) is 6.02. The van der Waals surface area contributed by atoms with E-state index in [-0.39, 0.29) is 5.84 Å². The van der Waals surface area contributed by atoms with Gasteiger partial charge in [-0.25, -0.2) is 4.98 Å². The highest BCUT2D eigenvalue weighted by Crippen LogP contribution is 2.23. The first-order chi connectivity index (χ1) is 9.10. The zero-order valence-corrected chi connectivity index (χ0v) is 11.6. The number of methoxy groups -OCH3 is 1. The normalized spacial score (nSPS) is 19.5. The average Bonchev–Trinajstić information content (AvgIpc) is 2.38. The molecule has 0 radical (unpaired) electrons. The van der Waals surface area contributed by atoms with Crippen LogP contribution in [-0.4, -0.2) is 37.6 Å². The minimum atomic E-state index is 0.0946. The third-order valence-corrected chi connectivity index (χ3v) is 3.50. The summed E-state index contributed by atoms with van der Waals surface area (Å²) in [5.41, 5.74) is 7.22. The third kappa shape index (κ3) is 3.44. The lowest BCUT2D eigenvalue weighted by atomic mass is 9.99. The van der Waals surface area contributed by atoms with Crippen LogP contribution in [0.1, 0.15) is 24.1 Å². The average molecular weight is 262 g/mol. The Bertz CT molecular complexity index is 459. The van der Waals surface area contributed by atoms with E-state index >= 15 is 0 Å². The summed E-state index contributed by atoms with van der Waals surface area (Å²) in [5.74, 6) is 1.57. The van der Waals surface area contributed by atoms with Crippen molar-refractivity contribution in [2.75, 3.05) is 31.7 Å². The number of amidine groups is 1. The lowest BCUT2D eigenvalue weighted by Gasteiger charge is -2.33. The topological polar surface area (TPSA) is 75.2 Å². The van der Waals surface area contributed by atoms with Gasteiger partial charge < -0.3 is 15.4 Å². The van der Waals surface area contributed by atoms with Crippen molar-refractivity contribution in [1.82, 2.24) is 4.98 Å². The van der Waals surface area contributed by atoms with Crippen LogP contribution in [-0.2, 0) is 4.74 Å². The summed E-state index contributed by atoms with van der Waals surface area (Å²) in [6.45, 7) is 4.70. The van der Waals surface area contributed by atoms with Gasteiger partial charge in [-0.15, -0.1) is 0 Å². The number of nitrogens with one attached hydrogen (secondary N) is 1. The lowest BCUT2D eigenvalue weighted by Crippen LogP contribution is -2.37. The van der Waals surface area contributed by atoms with Crippen molar-refractivity contribution < 1.29 is 4.74 Å². The van der Waals surface area contributed by atoms with E-state index in [9.17, 15) is 0 Å². The molecule has 1 atom stereocenters. The van der Waals surface area contributed by atoms with E-state index < -0.39 is 0 Å². The number of ether oxygens (including phenoxy) is 1. The molecule has 1 aliphatic rings. The van der Waals surface area contributed by atoms with Gasteiger partial charge in [0.2, 0.25) is 0 Å². The van der Waals surface area contributed by atoms with Crippen molar-refractivity contribution >= 4 is 11.7 Å². The molecule has 5 nitrogen and oxygen atoms in total. The molecule has 1 saturated heterocycles. The van der Waals surface area contributed by atoms with E-state index in [0.717, 1.165) is 43.2 Å². The molecule has 2 heterocycles. The molecule has 1 aromatic heterocycles. The maximum Gasteiger partial charge on any atom is 0.129 e. The molecule has 1 aromatic rings. The number of anilines is 1. The van der Waals surface area contributed by atoms with Crippen LogP contribution in [0.5, 0.6) is 0 Å². The van der Waals surface area contributed by atoms with Crippen LogP contribution in [0.15, 0.2) is 12.1 Å². The highest BCUT2D eigenvalue weighted by atomic mass is 16.5. The Hall–Kier alpha value is -1.62. The summed E-state index contributed by atoms with van der Waals surface area (Å²) in [5, 5.41) is 7.56. The van der Waals surface area contributed by atoms with Crippen LogP contribution < -0.4 is 10.6 Å². The number of aryl methyl sites for hydroxylation is 1. The van der Waals surface area contributed by atoms with Crippen LogP contribution >= 0.6 is 0 Å². The number of nitrogens with two attached hydrogens (primary N) is 1. The maximum atomic E-state index is 7.56. The number of nitrogens with zero attached hydrogens (tertiary/aromatic N) is 2. The van der Waals surface area contributed by atoms with Crippen molar-refractivity contribution in [2.45, 2.75) is 19.8 Å². The highest BCUT2D eigenvalue weighted by Gasteiger charge is 2.21. The maximum absolute atomic E-state index is 7.56. The first-order valence-electron chi connectivity index (χ1n) is 6.67. The molecule has 1 fully saturated rings. The van der Waals surface area contributed by atoms with Gasteiger partial charge in [-0.2, -0.15) is 0 Å². The summed E-state index contributed by atoms with van der Waals surface area (Å²) in [4.78, 5) is 6.84. The van der Waals surface area contributed by atoms with E-state index in [0.29, 0.717) is 5.92 Å². The molecule has 0 aliphatic carbocycles. The van der Waals surface area contributed by atoms with E-state index in [2.05, 4.69) is 9.88 Å². The molecule has 0 saturated carbocycles. The Morgan fingerprint density at radius 3 is 3.05 bits per heavy atom. The van der Waals surface area contributed by atoms with Gasteiger partial charge in [-0.1, -0.05) is 0 Å². The van der Waals surface area contributed by atoms with Crippen LogP contribution in [0.4, 0.5) is 5.82 Å². The fraction of sp³-hybridized carbons (Fsp3) is 0.571. The molecule has 104 valence electrons. The number of aromatic nitrogens is 1. The van der Waals surface area contributed by atoms with Crippen LogP contribution in [0.3, 0.4) is 0 Å². The molecule has 0 bridgehead atoms. The molecule has 1 unspecified atom stereocenters. The molecule has 3 N–H and O–H groups in total. The SMILES string of the molecule is COCC1CCCN(c2cc(C(=N)N)cc(C)n2)C1. The first-order valence-corrected chi connectivity index (χ1v) is 6.67. The first kappa shape index (κ1) is 13.8. The Labute approximate surface area is 114 Å². The number of hydrogen-bond donors (Lipinski definition) is 2. The summed E-state index contributed by atoms with van der Waals surface area (Å²) in [6, 6.07) is 3.76. The smallest absolute Gasteiger partial charge is 0.129 e. The highest BCUT2D eigenvalue weighted by molar-refractivity contribution is 5.95. The molecule has 0 spiro atoms. The zero-order chi connectivity index (χ0) is 13.8. The summed E-state index contributed by atoms with van der Waals surface area (Å²) >= 11 is 0. The fourth-order valence-corrected chi connectivity index (χ4v) is 2.61. The minimum absolute atomic E-state index is 0.0946. The van der Waals surface area contributed by atoms with Gasteiger partial charge in [0.05, 0.1) is 6.61 Å². The summed E-state index contributed by atoms with van der Waals surface area (Å²) < 4.78 is 5.25. The third-order valence-electron chi connectivity index (χ3n) is 3.50. The molecule has 1 aliphatic heterocycles. The van der Waals surface area contributed by atoms with Crippen LogP contribution in [0, 0.1) is 18.3 Å². The van der Waals surface area contributed by atoms with Gasteiger partial charge in [0.1, 0.15) is 11.7 Å². The van der Waals surface area contributed by atoms with Crippen molar-refractivity contribution in [2.24, 2.45) is 11.7 Å². The molecular weight excluding hydrogens is 240 g/mol. The predicted octanol–water partition coefficient (Wildman–Crippen LogP) is 1.54. The number of hydrogen-bond acceptors (Lipinski definition) is 4. The molecule has 2 rings (SSSR count). The Kier molecular flexibility index (Phi) is 4.37. The number of nitrogen functional groups attached to an aromatic ring is 1. The van der Waals surface area contributed by atoms with E-state index in [1.54, 1.807) is 7.11 Å². The molecule has 0 aromatic carbocycles. The van der Waals surface area contributed by atoms with Gasteiger partial charge in [0.15, 0.2) is 0 Å². The fourth-order valence-electron chi connectivity index (χ4n) is 2.61. The molecule has 5 heteroatoms. The Balaban J connectivity index is 2.18. The molecule has 0 amide bonds. The summed E-state index contributed by atoms with van der Waals surface area (Å²) in [6.07, 6.45) is 2.36. The quantitative estimate of drug-likeness (QED) is 0.637. The zero-order valence-electron chi connectivity index (χ0n) is 11.6. The molecular formula is C14H22N4O. The predicted molar refractivity (Wildman–Crippen MR) is 76.8 cm³/mol. The summed E-state index contributed by atoms with van der Waals surface area (Å²) in [7, 11) is 1.75. The van der Waals surface area contributed by atoms with E-state index in [4.69, 9.17) is 15.9 Å². The van der Waals surface area contributed by atoms with Crippen molar-refractivity contribution in [3.63, 3.8) is 0 Å². The van der Waals surface area contributed by atoms with E-state index in [1.807, 2.05) is 19.1 Å². The van der Waals surface area contributed by atoms with Crippen LogP contribution in [0.25, 0.3) is 0 Å². The monoisotopic (exact) mass is 262 g/mol. The van der Waals surface area contributed by atoms with Crippen LogP contribution in [0.2, 0.25) is 0 Å². The second-order valence-corrected chi connectivity index (χ2v) is 5.18. The van der Waals surface area contributed by atoms with Gasteiger partial charge in [-0.3, -0.25) is 5.41 Å². The number of piperidine rings is 1. The minimum Gasteiger partial charge on any atom is -0.384 e. The van der Waals surface area contributed by atoms with Crippen molar-refractivity contribution in [1.29, 1.82) is 5.41 Å².